The van der Waals surface area contributed by atoms with Crippen molar-refractivity contribution in [1.82, 2.24) is 19.7 Å². The summed E-state index contributed by atoms with van der Waals surface area (Å²) in [6.45, 7) is 1.86. The van der Waals surface area contributed by atoms with Crippen molar-refractivity contribution < 1.29 is 5.21 Å². The molecule has 0 atom stereocenters. The van der Waals surface area contributed by atoms with Crippen molar-refractivity contribution in [3.63, 3.8) is 0 Å². The SMILES string of the molecule is Cc1cccc(/C(=N\O)n2cncn2)n1. The lowest BCUT2D eigenvalue weighted by Gasteiger charge is -2.02. The highest BCUT2D eigenvalue weighted by molar-refractivity contribution is 5.97. The van der Waals surface area contributed by atoms with Gasteiger partial charge in [0.1, 0.15) is 18.3 Å². The van der Waals surface area contributed by atoms with Gasteiger partial charge in [-0.05, 0) is 19.1 Å². The zero-order valence-corrected chi connectivity index (χ0v) is 8.07. The zero-order valence-electron chi connectivity index (χ0n) is 8.07. The van der Waals surface area contributed by atoms with Gasteiger partial charge >= 0.3 is 0 Å². The van der Waals surface area contributed by atoms with Crippen LogP contribution >= 0.6 is 0 Å². The van der Waals surface area contributed by atoms with Gasteiger partial charge in [0.05, 0.1) is 0 Å². The summed E-state index contributed by atoms with van der Waals surface area (Å²) >= 11 is 0. The summed E-state index contributed by atoms with van der Waals surface area (Å²) in [5, 5.41) is 15.9. The van der Waals surface area contributed by atoms with Gasteiger partial charge in [-0.2, -0.15) is 9.78 Å². The normalized spacial score (nSPS) is 11.7. The molecule has 6 nitrogen and oxygen atoms in total. The summed E-state index contributed by atoms with van der Waals surface area (Å²) in [6.07, 6.45) is 2.81. The minimum Gasteiger partial charge on any atom is -0.409 e. The van der Waals surface area contributed by atoms with Crippen molar-refractivity contribution in [2.75, 3.05) is 0 Å². The second-order valence-electron chi connectivity index (χ2n) is 2.93. The predicted octanol–water partition coefficient (Wildman–Crippen LogP) is 0.666. The van der Waals surface area contributed by atoms with Crippen LogP contribution in [-0.2, 0) is 0 Å². The van der Waals surface area contributed by atoms with Gasteiger partial charge < -0.3 is 5.21 Å². The molecule has 0 amide bonds. The molecular formula is C9H9N5O. The third kappa shape index (κ3) is 1.83. The molecule has 0 radical (unpaired) electrons. The van der Waals surface area contributed by atoms with Crippen molar-refractivity contribution in [3.05, 3.63) is 42.2 Å². The van der Waals surface area contributed by atoms with Crippen LogP contribution in [0.3, 0.4) is 0 Å². The first-order valence-electron chi connectivity index (χ1n) is 4.32. The van der Waals surface area contributed by atoms with Gasteiger partial charge in [-0.15, -0.1) is 0 Å². The number of hydrogen-bond acceptors (Lipinski definition) is 5. The van der Waals surface area contributed by atoms with E-state index in [1.807, 2.05) is 19.1 Å². The zero-order chi connectivity index (χ0) is 10.7. The smallest absolute Gasteiger partial charge is 0.219 e. The molecule has 0 saturated carbocycles. The number of oxime groups is 1. The van der Waals surface area contributed by atoms with E-state index in [-0.39, 0.29) is 5.84 Å². The fourth-order valence-corrected chi connectivity index (χ4v) is 1.20. The molecule has 76 valence electrons. The molecule has 2 heterocycles. The third-order valence-corrected chi connectivity index (χ3v) is 1.85. The van der Waals surface area contributed by atoms with Gasteiger partial charge in [0.25, 0.3) is 0 Å². The lowest BCUT2D eigenvalue weighted by atomic mass is 10.3. The van der Waals surface area contributed by atoms with Gasteiger partial charge in [0.15, 0.2) is 0 Å². The lowest BCUT2D eigenvalue weighted by Crippen LogP contribution is -2.16. The van der Waals surface area contributed by atoms with E-state index in [0.717, 1.165) is 5.69 Å². The van der Waals surface area contributed by atoms with E-state index in [2.05, 4.69) is 20.2 Å². The Hall–Kier alpha value is -2.24. The number of rotatable bonds is 1. The molecule has 0 aromatic carbocycles. The van der Waals surface area contributed by atoms with E-state index in [4.69, 9.17) is 5.21 Å². The second kappa shape index (κ2) is 3.87. The number of aromatic nitrogens is 4. The molecule has 2 rings (SSSR count). The summed E-state index contributed by atoms with van der Waals surface area (Å²) in [6, 6.07) is 5.43. The van der Waals surface area contributed by atoms with Crippen LogP contribution in [0.1, 0.15) is 11.4 Å². The van der Waals surface area contributed by atoms with Crippen molar-refractivity contribution in [1.29, 1.82) is 0 Å². The molecular weight excluding hydrogens is 194 g/mol. The Kier molecular flexibility index (Phi) is 2.40. The van der Waals surface area contributed by atoms with Gasteiger partial charge in [0.2, 0.25) is 5.84 Å². The highest BCUT2D eigenvalue weighted by Crippen LogP contribution is 2.01. The van der Waals surface area contributed by atoms with E-state index in [1.54, 1.807) is 6.07 Å². The van der Waals surface area contributed by atoms with Crippen LogP contribution in [0.5, 0.6) is 0 Å². The third-order valence-electron chi connectivity index (χ3n) is 1.85. The molecule has 0 aliphatic rings. The Morgan fingerprint density at radius 1 is 1.47 bits per heavy atom. The van der Waals surface area contributed by atoms with E-state index in [0.29, 0.717) is 5.69 Å². The van der Waals surface area contributed by atoms with Crippen LogP contribution in [0.2, 0.25) is 0 Å². The molecule has 0 aliphatic carbocycles. The Morgan fingerprint density at radius 3 is 2.93 bits per heavy atom. The molecule has 2 aromatic heterocycles. The molecule has 1 N–H and O–H groups in total. The Morgan fingerprint density at radius 2 is 2.33 bits per heavy atom. The van der Waals surface area contributed by atoms with Crippen LogP contribution in [0.4, 0.5) is 0 Å². The maximum atomic E-state index is 8.90. The van der Waals surface area contributed by atoms with E-state index in [1.165, 1.54) is 17.3 Å². The lowest BCUT2D eigenvalue weighted by molar-refractivity contribution is 0.316. The minimum absolute atomic E-state index is 0.246. The first kappa shape index (κ1) is 9.32. The summed E-state index contributed by atoms with van der Waals surface area (Å²) < 4.78 is 1.35. The maximum Gasteiger partial charge on any atom is 0.219 e. The van der Waals surface area contributed by atoms with Gasteiger partial charge in [-0.1, -0.05) is 11.2 Å². The fourth-order valence-electron chi connectivity index (χ4n) is 1.20. The van der Waals surface area contributed by atoms with Crippen molar-refractivity contribution >= 4 is 5.84 Å². The van der Waals surface area contributed by atoms with Crippen molar-refractivity contribution in [2.45, 2.75) is 6.92 Å². The van der Waals surface area contributed by atoms with E-state index in [9.17, 15) is 0 Å². The Bertz CT molecular complexity index is 477. The summed E-state index contributed by atoms with van der Waals surface area (Å²) in [7, 11) is 0. The maximum absolute atomic E-state index is 8.90. The summed E-state index contributed by atoms with van der Waals surface area (Å²) in [5.74, 6) is 0.246. The Labute approximate surface area is 85.9 Å². The summed E-state index contributed by atoms with van der Waals surface area (Å²) in [4.78, 5) is 7.99. The molecule has 0 bridgehead atoms. The first-order valence-corrected chi connectivity index (χ1v) is 4.32. The number of pyridine rings is 1. The average Bonchev–Trinajstić information content (AvgIpc) is 2.72. The predicted molar refractivity (Wildman–Crippen MR) is 52.7 cm³/mol. The van der Waals surface area contributed by atoms with E-state index < -0.39 is 0 Å². The average molecular weight is 203 g/mol. The Balaban J connectivity index is 2.45. The van der Waals surface area contributed by atoms with Gasteiger partial charge in [-0.25, -0.2) is 9.97 Å². The number of nitrogens with zero attached hydrogens (tertiary/aromatic N) is 5. The van der Waals surface area contributed by atoms with Crippen LogP contribution < -0.4 is 0 Å². The summed E-state index contributed by atoms with van der Waals surface area (Å²) in [5.41, 5.74) is 1.39. The molecule has 15 heavy (non-hydrogen) atoms. The van der Waals surface area contributed by atoms with Crippen molar-refractivity contribution in [2.24, 2.45) is 5.16 Å². The van der Waals surface area contributed by atoms with Crippen molar-refractivity contribution in [3.8, 4) is 0 Å². The first-order chi connectivity index (χ1) is 7.31. The molecule has 0 unspecified atom stereocenters. The fraction of sp³-hybridized carbons (Fsp3) is 0.111. The molecule has 0 fully saturated rings. The minimum atomic E-state index is 0.246. The molecule has 0 saturated heterocycles. The molecule has 0 spiro atoms. The topological polar surface area (TPSA) is 76.2 Å². The highest BCUT2D eigenvalue weighted by atomic mass is 16.4. The van der Waals surface area contributed by atoms with Crippen LogP contribution in [-0.4, -0.2) is 30.8 Å². The molecule has 6 heteroatoms. The van der Waals surface area contributed by atoms with Gasteiger partial charge in [-0.3, -0.25) is 0 Å². The molecule has 0 aliphatic heterocycles. The van der Waals surface area contributed by atoms with Crippen LogP contribution in [0, 0.1) is 6.92 Å². The number of hydrogen-bond donors (Lipinski definition) is 1. The van der Waals surface area contributed by atoms with E-state index >= 15 is 0 Å². The quantitative estimate of drug-likeness (QED) is 0.320. The van der Waals surface area contributed by atoms with Crippen LogP contribution in [0.25, 0.3) is 0 Å². The van der Waals surface area contributed by atoms with Gasteiger partial charge in [0, 0.05) is 5.69 Å². The standard InChI is InChI=1S/C9H9N5O/c1-7-3-2-4-8(12-7)9(13-15)14-6-10-5-11-14/h2-6,15H,1H3/b13-9+. The monoisotopic (exact) mass is 203 g/mol. The number of aryl methyl sites for hydroxylation is 1. The van der Waals surface area contributed by atoms with Crippen LogP contribution in [0.15, 0.2) is 36.0 Å². The molecule has 2 aromatic rings. The second-order valence-corrected chi connectivity index (χ2v) is 2.93. The largest absolute Gasteiger partial charge is 0.409 e. The highest BCUT2D eigenvalue weighted by Gasteiger charge is 2.08.